The Morgan fingerprint density at radius 2 is 1.97 bits per heavy atom. The highest BCUT2D eigenvalue weighted by molar-refractivity contribution is 6.35. The number of ether oxygens (including phenoxy) is 1. The molecule has 172 valence electrons. The number of nitrogens with zero attached hydrogens (tertiary/aromatic N) is 3. The van der Waals surface area contributed by atoms with Crippen LogP contribution in [-0.4, -0.2) is 56.0 Å². The van der Waals surface area contributed by atoms with Gasteiger partial charge in [0, 0.05) is 40.2 Å². The van der Waals surface area contributed by atoms with Gasteiger partial charge in [-0.1, -0.05) is 17.7 Å². The van der Waals surface area contributed by atoms with Gasteiger partial charge < -0.3 is 24.6 Å². The van der Waals surface area contributed by atoms with Crippen molar-refractivity contribution in [3.63, 3.8) is 0 Å². The SMILES string of the molecule is C=CC(O)c1c(-c2c(Cl)ccc3c2c(C)c(C(=O)OC)n3CCCO)c(C)nn1CCO. The predicted octanol–water partition coefficient (Wildman–Crippen LogP) is 3.16. The van der Waals surface area contributed by atoms with Crippen molar-refractivity contribution in [2.24, 2.45) is 0 Å². The molecule has 0 saturated heterocycles. The molecule has 0 aliphatic rings. The molecule has 0 radical (unpaired) electrons. The minimum absolute atomic E-state index is 0.0253. The van der Waals surface area contributed by atoms with Crippen LogP contribution in [0.15, 0.2) is 24.8 Å². The number of hydrogen-bond donors (Lipinski definition) is 3. The van der Waals surface area contributed by atoms with E-state index >= 15 is 0 Å². The summed E-state index contributed by atoms with van der Waals surface area (Å²) in [6, 6.07) is 3.57. The van der Waals surface area contributed by atoms with Gasteiger partial charge in [0.1, 0.15) is 11.8 Å². The Balaban J connectivity index is 2.46. The number of methoxy groups -OCH3 is 1. The van der Waals surface area contributed by atoms with Crippen LogP contribution in [0.2, 0.25) is 5.02 Å². The molecule has 0 fully saturated rings. The van der Waals surface area contributed by atoms with Crippen LogP contribution in [0.3, 0.4) is 0 Å². The van der Waals surface area contributed by atoms with Crippen LogP contribution in [0.25, 0.3) is 22.0 Å². The normalized spacial score (nSPS) is 12.3. The van der Waals surface area contributed by atoms with Gasteiger partial charge in [0.05, 0.1) is 31.6 Å². The van der Waals surface area contributed by atoms with Crippen molar-refractivity contribution >= 4 is 28.5 Å². The molecular weight excluding hydrogens is 434 g/mol. The standard InChI is InChI=1S/C23H28ClN3O5/c1-5-17(30)22-19(14(3)25-27(22)10-12-29)20-15(24)7-8-16-18(20)13(2)21(23(31)32-4)26(16)9-6-11-28/h5,7-8,17,28-30H,1,6,9-12H2,2-4H3. The maximum absolute atomic E-state index is 12.7. The van der Waals surface area contributed by atoms with E-state index in [9.17, 15) is 20.1 Å². The van der Waals surface area contributed by atoms with Gasteiger partial charge in [0.25, 0.3) is 0 Å². The number of aliphatic hydroxyl groups excluding tert-OH is 3. The zero-order chi connectivity index (χ0) is 23.6. The van der Waals surface area contributed by atoms with Crippen LogP contribution in [-0.2, 0) is 17.8 Å². The van der Waals surface area contributed by atoms with Crippen molar-refractivity contribution in [3.8, 4) is 11.1 Å². The monoisotopic (exact) mass is 461 g/mol. The summed E-state index contributed by atoms with van der Waals surface area (Å²) in [4.78, 5) is 12.7. The van der Waals surface area contributed by atoms with Gasteiger partial charge in [-0.15, -0.1) is 6.58 Å². The van der Waals surface area contributed by atoms with Gasteiger partial charge in [-0.05, 0) is 38.0 Å². The fourth-order valence-corrected chi connectivity index (χ4v) is 4.52. The third-order valence-electron chi connectivity index (χ3n) is 5.57. The van der Waals surface area contributed by atoms with E-state index in [2.05, 4.69) is 11.7 Å². The molecule has 2 heterocycles. The summed E-state index contributed by atoms with van der Waals surface area (Å²) >= 11 is 6.71. The fraction of sp³-hybridized carbons (Fsp3) is 0.391. The number of carbonyl (C=O) groups excluding carboxylic acids is 1. The van der Waals surface area contributed by atoms with Crippen molar-refractivity contribution in [2.45, 2.75) is 39.5 Å². The van der Waals surface area contributed by atoms with Crippen molar-refractivity contribution in [1.29, 1.82) is 0 Å². The molecule has 0 spiro atoms. The minimum atomic E-state index is -1.04. The second-order valence-corrected chi connectivity index (χ2v) is 7.89. The molecule has 0 amide bonds. The molecule has 0 saturated carbocycles. The summed E-state index contributed by atoms with van der Waals surface area (Å²) in [7, 11) is 1.32. The van der Waals surface area contributed by atoms with Crippen LogP contribution in [0.5, 0.6) is 0 Å². The van der Waals surface area contributed by atoms with Crippen LogP contribution in [0, 0.1) is 13.8 Å². The van der Waals surface area contributed by atoms with E-state index in [1.165, 1.54) is 13.2 Å². The molecule has 1 unspecified atom stereocenters. The average Bonchev–Trinajstić information content (AvgIpc) is 3.25. The zero-order valence-corrected chi connectivity index (χ0v) is 19.2. The van der Waals surface area contributed by atoms with Crippen LogP contribution < -0.4 is 0 Å². The Kier molecular flexibility index (Phi) is 7.40. The van der Waals surface area contributed by atoms with E-state index in [-0.39, 0.29) is 19.8 Å². The molecular formula is C23H28ClN3O5. The van der Waals surface area contributed by atoms with Crippen LogP contribution >= 0.6 is 11.6 Å². The number of aryl methyl sites for hydroxylation is 3. The molecule has 0 bridgehead atoms. The van der Waals surface area contributed by atoms with Crippen molar-refractivity contribution in [3.05, 3.63) is 52.5 Å². The number of rotatable bonds is 9. The second kappa shape index (κ2) is 9.87. The minimum Gasteiger partial charge on any atom is -0.464 e. The zero-order valence-electron chi connectivity index (χ0n) is 18.4. The summed E-state index contributed by atoms with van der Waals surface area (Å²) in [6.07, 6.45) is 0.807. The van der Waals surface area contributed by atoms with E-state index in [1.54, 1.807) is 17.7 Å². The van der Waals surface area contributed by atoms with Crippen LogP contribution in [0.1, 0.15) is 40.0 Å². The third-order valence-corrected chi connectivity index (χ3v) is 5.89. The summed E-state index contributed by atoms with van der Waals surface area (Å²) in [6.45, 7) is 7.75. The molecule has 8 nitrogen and oxygen atoms in total. The largest absolute Gasteiger partial charge is 0.464 e. The third kappa shape index (κ3) is 3.95. The topological polar surface area (TPSA) is 110 Å². The van der Waals surface area contributed by atoms with E-state index < -0.39 is 12.1 Å². The lowest BCUT2D eigenvalue weighted by Crippen LogP contribution is -2.12. The number of aliphatic hydroxyl groups is 3. The number of halogens is 1. The molecule has 3 N–H and O–H groups in total. The Labute approximate surface area is 191 Å². The molecule has 0 aliphatic heterocycles. The maximum atomic E-state index is 12.7. The van der Waals surface area contributed by atoms with Gasteiger partial charge >= 0.3 is 5.97 Å². The number of benzene rings is 1. The van der Waals surface area contributed by atoms with Crippen molar-refractivity contribution in [1.82, 2.24) is 14.3 Å². The fourth-order valence-electron chi connectivity index (χ4n) is 4.26. The first-order chi connectivity index (χ1) is 15.3. The smallest absolute Gasteiger partial charge is 0.354 e. The lowest BCUT2D eigenvalue weighted by molar-refractivity contribution is 0.0587. The van der Waals surface area contributed by atoms with Gasteiger partial charge in [0.15, 0.2) is 0 Å². The Bertz CT molecular complexity index is 1160. The predicted molar refractivity (Wildman–Crippen MR) is 123 cm³/mol. The number of hydrogen-bond acceptors (Lipinski definition) is 6. The molecule has 3 aromatic rings. The first-order valence-electron chi connectivity index (χ1n) is 10.3. The highest BCUT2D eigenvalue weighted by Gasteiger charge is 2.29. The maximum Gasteiger partial charge on any atom is 0.354 e. The Morgan fingerprint density at radius 3 is 2.56 bits per heavy atom. The van der Waals surface area contributed by atoms with Crippen molar-refractivity contribution in [2.75, 3.05) is 20.3 Å². The molecule has 2 aromatic heterocycles. The molecule has 3 rings (SSSR count). The quantitative estimate of drug-likeness (QED) is 0.333. The Hall–Kier alpha value is -2.65. The molecule has 9 heteroatoms. The summed E-state index contributed by atoms with van der Waals surface area (Å²) < 4.78 is 8.40. The summed E-state index contributed by atoms with van der Waals surface area (Å²) in [5, 5.41) is 35.2. The molecule has 1 atom stereocenters. The second-order valence-electron chi connectivity index (χ2n) is 7.48. The molecule has 1 aromatic carbocycles. The highest BCUT2D eigenvalue weighted by Crippen LogP contribution is 2.43. The first-order valence-corrected chi connectivity index (χ1v) is 10.7. The summed E-state index contributed by atoms with van der Waals surface area (Å²) in [5.74, 6) is -0.488. The van der Waals surface area contributed by atoms with Gasteiger partial charge in [-0.2, -0.15) is 5.10 Å². The lowest BCUT2D eigenvalue weighted by atomic mass is 9.95. The number of aromatic nitrogens is 3. The highest BCUT2D eigenvalue weighted by atomic mass is 35.5. The number of fused-ring (bicyclic) bond motifs is 1. The lowest BCUT2D eigenvalue weighted by Gasteiger charge is -2.15. The van der Waals surface area contributed by atoms with Crippen LogP contribution in [0.4, 0.5) is 0 Å². The van der Waals surface area contributed by atoms with Gasteiger partial charge in [-0.25, -0.2) is 4.79 Å². The average molecular weight is 462 g/mol. The first kappa shape index (κ1) is 24.0. The summed E-state index contributed by atoms with van der Waals surface area (Å²) in [5.41, 5.74) is 4.15. The van der Waals surface area contributed by atoms with Gasteiger partial charge in [0.2, 0.25) is 0 Å². The Morgan fingerprint density at radius 1 is 1.25 bits per heavy atom. The number of esters is 1. The number of carbonyl (C=O) groups is 1. The van der Waals surface area contributed by atoms with E-state index in [4.69, 9.17) is 16.3 Å². The van der Waals surface area contributed by atoms with E-state index in [1.807, 2.05) is 17.6 Å². The van der Waals surface area contributed by atoms with Crippen molar-refractivity contribution < 1.29 is 24.9 Å². The van der Waals surface area contributed by atoms with Gasteiger partial charge in [-0.3, -0.25) is 4.68 Å². The van der Waals surface area contributed by atoms with E-state index in [0.717, 1.165) is 10.9 Å². The molecule has 32 heavy (non-hydrogen) atoms. The molecule has 0 aliphatic carbocycles. The van der Waals surface area contributed by atoms with E-state index in [0.29, 0.717) is 51.8 Å².